The molecule has 0 fully saturated rings. The molecule has 1 heterocycles. The predicted molar refractivity (Wildman–Crippen MR) is 157 cm³/mol. The minimum atomic E-state index is -0.0295. The van der Waals surface area contributed by atoms with Crippen LogP contribution < -0.4 is 4.90 Å². The van der Waals surface area contributed by atoms with Gasteiger partial charge in [-0.1, -0.05) is 86.6 Å². The summed E-state index contributed by atoms with van der Waals surface area (Å²) in [6, 6.07) is 41.8. The Balaban J connectivity index is 1.42. The van der Waals surface area contributed by atoms with Gasteiger partial charge in [-0.25, -0.2) is 0 Å². The lowest BCUT2D eigenvalue weighted by molar-refractivity contribution is 0.666. The molecular weight excluding hydrogens is 448 g/mol. The molecule has 0 spiro atoms. The van der Waals surface area contributed by atoms with Crippen molar-refractivity contribution < 1.29 is 0 Å². The molecule has 0 bridgehead atoms. The van der Waals surface area contributed by atoms with E-state index < -0.39 is 0 Å². The molecule has 0 saturated carbocycles. The second-order valence-corrected chi connectivity index (χ2v) is 10.7. The summed E-state index contributed by atoms with van der Waals surface area (Å²) in [6.07, 6.45) is 0. The van der Waals surface area contributed by atoms with E-state index in [-0.39, 0.29) is 5.41 Å². The molecule has 0 aliphatic heterocycles. The van der Waals surface area contributed by atoms with Crippen LogP contribution in [0.2, 0.25) is 0 Å². The second-order valence-electron chi connectivity index (χ2n) is 10.7. The van der Waals surface area contributed by atoms with Crippen molar-refractivity contribution in [1.29, 1.82) is 0 Å². The van der Waals surface area contributed by atoms with Crippen LogP contribution in [0, 0.1) is 0 Å². The lowest BCUT2D eigenvalue weighted by Gasteiger charge is -2.26. The molecule has 1 aliphatic carbocycles. The smallest absolute Gasteiger partial charge is 0.0492 e. The number of aromatic amines is 1. The average molecular weight is 475 g/mol. The van der Waals surface area contributed by atoms with Gasteiger partial charge in [0.05, 0.1) is 0 Å². The molecule has 2 nitrogen and oxygen atoms in total. The fraction of sp³-hybridized carbons (Fsp3) is 0.0857. The zero-order valence-electron chi connectivity index (χ0n) is 20.9. The Hall–Kier alpha value is -4.56. The molecule has 0 unspecified atom stereocenters. The highest BCUT2D eigenvalue weighted by Gasteiger charge is 2.37. The van der Waals surface area contributed by atoms with Gasteiger partial charge in [-0.15, -0.1) is 0 Å². The van der Waals surface area contributed by atoms with Gasteiger partial charge in [-0.05, 0) is 75.5 Å². The van der Waals surface area contributed by atoms with E-state index >= 15 is 0 Å². The minimum absolute atomic E-state index is 0.0295. The molecule has 0 saturated heterocycles. The van der Waals surface area contributed by atoms with Crippen LogP contribution in [0.4, 0.5) is 17.1 Å². The number of rotatable bonds is 3. The van der Waals surface area contributed by atoms with Crippen LogP contribution in [0.1, 0.15) is 25.0 Å². The molecule has 2 heteroatoms. The number of benzene rings is 6. The Bertz CT molecular complexity index is 1910. The van der Waals surface area contributed by atoms with Gasteiger partial charge in [0.1, 0.15) is 0 Å². The summed E-state index contributed by atoms with van der Waals surface area (Å²) in [6.45, 7) is 4.74. The third-order valence-electron chi connectivity index (χ3n) is 8.27. The first-order valence-electron chi connectivity index (χ1n) is 13.0. The van der Waals surface area contributed by atoms with Crippen molar-refractivity contribution in [2.45, 2.75) is 19.3 Å². The zero-order valence-corrected chi connectivity index (χ0v) is 20.9. The van der Waals surface area contributed by atoms with E-state index in [0.717, 1.165) is 17.1 Å². The van der Waals surface area contributed by atoms with Crippen molar-refractivity contribution in [2.75, 3.05) is 4.90 Å². The van der Waals surface area contributed by atoms with Crippen molar-refractivity contribution >= 4 is 49.6 Å². The molecule has 7 aromatic rings. The Morgan fingerprint density at radius 2 is 1.22 bits per heavy atom. The molecule has 1 aliphatic rings. The lowest BCUT2D eigenvalue weighted by Crippen LogP contribution is -2.15. The molecule has 37 heavy (non-hydrogen) atoms. The van der Waals surface area contributed by atoms with Gasteiger partial charge in [-0.3, -0.25) is 0 Å². The van der Waals surface area contributed by atoms with E-state index in [1.807, 2.05) is 0 Å². The van der Waals surface area contributed by atoms with Gasteiger partial charge in [0.2, 0.25) is 0 Å². The highest BCUT2D eigenvalue weighted by atomic mass is 15.1. The van der Waals surface area contributed by atoms with Crippen LogP contribution in [-0.2, 0) is 5.41 Å². The van der Waals surface area contributed by atoms with Crippen LogP contribution >= 0.6 is 0 Å². The number of hydrogen-bond donors (Lipinski definition) is 1. The fourth-order valence-corrected chi connectivity index (χ4v) is 6.73. The molecule has 176 valence electrons. The Morgan fingerprint density at radius 3 is 1.95 bits per heavy atom. The average Bonchev–Trinajstić information content (AvgIpc) is 3.41. The number of hydrogen-bond acceptors (Lipinski definition) is 1. The van der Waals surface area contributed by atoms with Crippen LogP contribution in [0.5, 0.6) is 0 Å². The van der Waals surface area contributed by atoms with Crippen molar-refractivity contribution in [3.8, 4) is 11.1 Å². The quantitative estimate of drug-likeness (QED) is 0.253. The number of aromatic nitrogens is 1. The summed E-state index contributed by atoms with van der Waals surface area (Å²) in [4.78, 5) is 6.16. The zero-order chi connectivity index (χ0) is 24.7. The van der Waals surface area contributed by atoms with E-state index in [2.05, 4.69) is 139 Å². The molecule has 0 radical (unpaired) electrons. The maximum absolute atomic E-state index is 3.82. The summed E-state index contributed by atoms with van der Waals surface area (Å²) in [5.41, 5.74) is 11.4. The number of nitrogens with one attached hydrogen (secondary N) is 1. The fourth-order valence-electron chi connectivity index (χ4n) is 6.73. The topological polar surface area (TPSA) is 19.0 Å². The number of anilines is 3. The number of nitrogens with zero attached hydrogens (tertiary/aromatic N) is 1. The van der Waals surface area contributed by atoms with E-state index in [0.29, 0.717) is 0 Å². The van der Waals surface area contributed by atoms with Crippen LogP contribution in [0.3, 0.4) is 0 Å². The normalized spacial score (nSPS) is 13.9. The Morgan fingerprint density at radius 1 is 0.568 bits per heavy atom. The molecular formula is C35H26N2. The first-order valence-corrected chi connectivity index (χ1v) is 13.0. The summed E-state index contributed by atoms with van der Waals surface area (Å²) < 4.78 is 0. The Kier molecular flexibility index (Phi) is 4.03. The standard InChI is InChI=1S/C35H26N2/c1-35(2)29-16-10-9-15-26(29)28-21-31-33-27(34(28)35)18-17-22-19-25(20-30(36-31)32(22)33)37(23-11-5-3-6-12-23)24-13-7-4-8-14-24/h3-21,36H,1-2H3. The first kappa shape index (κ1) is 20.6. The van der Waals surface area contributed by atoms with E-state index in [1.165, 1.54) is 54.8 Å². The number of para-hydroxylation sites is 2. The lowest BCUT2D eigenvalue weighted by atomic mass is 9.80. The predicted octanol–water partition coefficient (Wildman–Crippen LogP) is 9.69. The van der Waals surface area contributed by atoms with Crippen molar-refractivity contribution in [3.63, 3.8) is 0 Å². The van der Waals surface area contributed by atoms with Crippen LogP contribution in [0.15, 0.2) is 115 Å². The number of fused-ring (bicyclic) bond motifs is 4. The van der Waals surface area contributed by atoms with Crippen molar-refractivity contribution in [2.24, 2.45) is 0 Å². The highest BCUT2D eigenvalue weighted by Crippen LogP contribution is 2.53. The van der Waals surface area contributed by atoms with Gasteiger partial charge >= 0.3 is 0 Å². The van der Waals surface area contributed by atoms with Crippen molar-refractivity contribution in [1.82, 2.24) is 4.98 Å². The maximum atomic E-state index is 3.82. The molecule has 8 rings (SSSR count). The van der Waals surface area contributed by atoms with Crippen LogP contribution in [-0.4, -0.2) is 4.98 Å². The summed E-state index contributed by atoms with van der Waals surface area (Å²) in [5.74, 6) is 0. The second kappa shape index (κ2) is 7.24. The van der Waals surface area contributed by atoms with E-state index in [9.17, 15) is 0 Å². The molecule has 1 N–H and O–H groups in total. The summed E-state index contributed by atoms with van der Waals surface area (Å²) >= 11 is 0. The first-order chi connectivity index (χ1) is 18.1. The van der Waals surface area contributed by atoms with Gasteiger partial charge in [0.15, 0.2) is 0 Å². The molecule has 6 aromatic carbocycles. The summed E-state index contributed by atoms with van der Waals surface area (Å²) in [5, 5.41) is 5.30. The SMILES string of the molecule is CC1(C)c2ccccc2-c2cc3[nH]c4cc(N(c5ccccc5)c5ccccc5)cc5ccc(c21)c3c54. The largest absolute Gasteiger partial charge is 0.354 e. The third kappa shape index (κ3) is 2.76. The summed E-state index contributed by atoms with van der Waals surface area (Å²) in [7, 11) is 0. The third-order valence-corrected chi connectivity index (χ3v) is 8.27. The molecule has 1 aromatic heterocycles. The van der Waals surface area contributed by atoms with Crippen molar-refractivity contribution in [3.05, 3.63) is 126 Å². The van der Waals surface area contributed by atoms with Gasteiger partial charge in [-0.2, -0.15) is 0 Å². The monoisotopic (exact) mass is 474 g/mol. The van der Waals surface area contributed by atoms with E-state index in [4.69, 9.17) is 0 Å². The highest BCUT2D eigenvalue weighted by molar-refractivity contribution is 6.26. The van der Waals surface area contributed by atoms with Gasteiger partial charge in [0.25, 0.3) is 0 Å². The Labute approximate surface area is 216 Å². The van der Waals surface area contributed by atoms with Crippen LogP contribution in [0.25, 0.3) is 43.7 Å². The minimum Gasteiger partial charge on any atom is -0.354 e. The van der Waals surface area contributed by atoms with Gasteiger partial charge < -0.3 is 9.88 Å². The molecule has 0 atom stereocenters. The molecule has 0 amide bonds. The van der Waals surface area contributed by atoms with Gasteiger partial charge in [0, 0.05) is 44.3 Å². The number of H-pyrrole nitrogens is 1. The maximum Gasteiger partial charge on any atom is 0.0492 e. The van der Waals surface area contributed by atoms with E-state index in [1.54, 1.807) is 0 Å².